The summed E-state index contributed by atoms with van der Waals surface area (Å²) in [5.74, 6) is -1.39. The van der Waals surface area contributed by atoms with Gasteiger partial charge in [0.15, 0.2) is 0 Å². The molecule has 0 saturated carbocycles. The molecule has 1 rings (SSSR count). The second-order valence-electron chi connectivity index (χ2n) is 4.86. The van der Waals surface area contributed by atoms with Crippen molar-refractivity contribution in [3.05, 3.63) is 35.9 Å². The van der Waals surface area contributed by atoms with Crippen LogP contribution in [0.3, 0.4) is 0 Å². The van der Waals surface area contributed by atoms with E-state index < -0.39 is 11.9 Å². The van der Waals surface area contributed by atoms with Gasteiger partial charge < -0.3 is 10.5 Å². The van der Waals surface area contributed by atoms with Crippen molar-refractivity contribution in [3.63, 3.8) is 0 Å². The first-order valence-electron chi connectivity index (χ1n) is 7.18. The van der Waals surface area contributed by atoms with Gasteiger partial charge in [0.2, 0.25) is 5.91 Å². The van der Waals surface area contributed by atoms with E-state index in [1.807, 2.05) is 0 Å². The molecule has 0 aliphatic heterocycles. The molecule has 1 amide bonds. The van der Waals surface area contributed by atoms with Gasteiger partial charge in [0.1, 0.15) is 0 Å². The molecule has 0 saturated heterocycles. The first-order valence-corrected chi connectivity index (χ1v) is 7.18. The molecule has 1 aromatic carbocycles. The molecule has 0 spiro atoms. The number of hydrogen-bond donors (Lipinski definition) is 1. The molecule has 0 atom stereocenters. The third-order valence-electron chi connectivity index (χ3n) is 3.02. The molecule has 0 fully saturated rings. The van der Waals surface area contributed by atoms with Gasteiger partial charge in [0.05, 0.1) is 5.56 Å². The van der Waals surface area contributed by atoms with Gasteiger partial charge in [-0.2, -0.15) is 0 Å². The minimum atomic E-state index is -0.609. The molecule has 0 radical (unpaired) electrons. The summed E-state index contributed by atoms with van der Waals surface area (Å²) in [7, 11) is 0. The zero-order valence-corrected chi connectivity index (χ0v) is 12.0. The second kappa shape index (κ2) is 9.69. The second-order valence-corrected chi connectivity index (χ2v) is 4.86. The predicted octanol–water partition coefficient (Wildman–Crippen LogP) is 2.59. The predicted molar refractivity (Wildman–Crippen MR) is 78.4 cm³/mol. The fourth-order valence-electron chi connectivity index (χ4n) is 1.89. The van der Waals surface area contributed by atoms with E-state index in [4.69, 9.17) is 10.5 Å². The van der Waals surface area contributed by atoms with Crippen molar-refractivity contribution in [2.75, 3.05) is 0 Å². The number of nitrogens with two attached hydrogens (primary N) is 1. The molecule has 2 N–H and O–H groups in total. The number of primary amides is 1. The van der Waals surface area contributed by atoms with Crippen molar-refractivity contribution in [1.29, 1.82) is 0 Å². The van der Waals surface area contributed by atoms with E-state index in [9.17, 15) is 14.4 Å². The van der Waals surface area contributed by atoms with E-state index in [-0.39, 0.29) is 12.3 Å². The maximum absolute atomic E-state index is 11.6. The Bertz CT molecular complexity index is 470. The average Bonchev–Trinajstić information content (AvgIpc) is 2.46. The molecule has 0 heterocycles. The van der Waals surface area contributed by atoms with E-state index in [0.717, 1.165) is 25.7 Å². The van der Waals surface area contributed by atoms with Gasteiger partial charge in [0, 0.05) is 12.8 Å². The summed E-state index contributed by atoms with van der Waals surface area (Å²) < 4.78 is 4.76. The van der Waals surface area contributed by atoms with Crippen molar-refractivity contribution in [3.8, 4) is 0 Å². The minimum absolute atomic E-state index is 0.231. The number of benzene rings is 1. The van der Waals surface area contributed by atoms with E-state index in [2.05, 4.69) is 0 Å². The highest BCUT2D eigenvalue weighted by Gasteiger charge is 2.11. The van der Waals surface area contributed by atoms with Gasteiger partial charge >= 0.3 is 11.9 Å². The molecule has 21 heavy (non-hydrogen) atoms. The van der Waals surface area contributed by atoms with Gasteiger partial charge in [-0.05, 0) is 25.0 Å². The zero-order valence-electron chi connectivity index (χ0n) is 12.0. The van der Waals surface area contributed by atoms with Crippen LogP contribution in [-0.4, -0.2) is 17.8 Å². The number of carbonyl (C=O) groups excluding carboxylic acids is 3. The van der Waals surface area contributed by atoms with Gasteiger partial charge in [-0.1, -0.05) is 37.5 Å². The van der Waals surface area contributed by atoms with Gasteiger partial charge in [-0.15, -0.1) is 0 Å². The highest BCUT2D eigenvalue weighted by molar-refractivity contribution is 5.96. The van der Waals surface area contributed by atoms with Crippen LogP contribution in [0.25, 0.3) is 0 Å². The number of hydrogen-bond acceptors (Lipinski definition) is 4. The number of amides is 1. The number of rotatable bonds is 9. The Morgan fingerprint density at radius 3 is 2.05 bits per heavy atom. The Labute approximate surface area is 124 Å². The summed E-state index contributed by atoms with van der Waals surface area (Å²) in [6.07, 6.45) is 4.83. The van der Waals surface area contributed by atoms with Crippen molar-refractivity contribution in [2.45, 2.75) is 44.9 Å². The summed E-state index contributed by atoms with van der Waals surface area (Å²) in [6.45, 7) is 0. The van der Waals surface area contributed by atoms with Gasteiger partial charge in [-0.3, -0.25) is 9.59 Å². The van der Waals surface area contributed by atoms with Gasteiger partial charge in [-0.25, -0.2) is 4.79 Å². The summed E-state index contributed by atoms with van der Waals surface area (Å²) in [5.41, 5.74) is 5.41. The Kier molecular flexibility index (Phi) is 7.79. The third-order valence-corrected chi connectivity index (χ3v) is 3.02. The molecule has 0 aliphatic rings. The molecule has 5 heteroatoms. The smallest absolute Gasteiger partial charge is 0.345 e. The number of carbonyl (C=O) groups is 3. The summed E-state index contributed by atoms with van der Waals surface area (Å²) >= 11 is 0. The Balaban J connectivity index is 2.09. The molecular weight excluding hydrogens is 270 g/mol. The summed E-state index contributed by atoms with van der Waals surface area (Å²) in [6, 6.07) is 8.43. The number of ether oxygens (including phenoxy) is 1. The quantitative estimate of drug-likeness (QED) is 0.430. The van der Waals surface area contributed by atoms with Crippen LogP contribution in [0.15, 0.2) is 30.3 Å². The Morgan fingerprint density at radius 2 is 1.43 bits per heavy atom. The highest BCUT2D eigenvalue weighted by Crippen LogP contribution is 2.08. The molecule has 0 unspecified atom stereocenters. The lowest BCUT2D eigenvalue weighted by atomic mass is 10.1. The van der Waals surface area contributed by atoms with Crippen LogP contribution in [0.1, 0.15) is 55.3 Å². The highest BCUT2D eigenvalue weighted by atomic mass is 16.6. The summed E-state index contributed by atoms with van der Waals surface area (Å²) in [4.78, 5) is 33.6. The zero-order chi connectivity index (χ0) is 15.5. The molecule has 0 aromatic heterocycles. The fourth-order valence-corrected chi connectivity index (χ4v) is 1.89. The Morgan fingerprint density at radius 1 is 0.857 bits per heavy atom. The van der Waals surface area contributed by atoms with E-state index >= 15 is 0 Å². The molecular formula is C16H21NO4. The van der Waals surface area contributed by atoms with Crippen LogP contribution in [0.2, 0.25) is 0 Å². The number of esters is 2. The van der Waals surface area contributed by atoms with Crippen molar-refractivity contribution >= 4 is 17.8 Å². The third kappa shape index (κ3) is 7.87. The maximum Gasteiger partial charge on any atom is 0.345 e. The van der Waals surface area contributed by atoms with Crippen molar-refractivity contribution < 1.29 is 19.1 Å². The van der Waals surface area contributed by atoms with Crippen molar-refractivity contribution in [2.24, 2.45) is 5.73 Å². The molecule has 0 aliphatic carbocycles. The van der Waals surface area contributed by atoms with Gasteiger partial charge in [0.25, 0.3) is 0 Å². The normalized spacial score (nSPS) is 10.1. The lowest BCUT2D eigenvalue weighted by Crippen LogP contribution is -2.12. The van der Waals surface area contributed by atoms with Crippen LogP contribution >= 0.6 is 0 Å². The monoisotopic (exact) mass is 291 g/mol. The fraction of sp³-hybridized carbons (Fsp3) is 0.438. The summed E-state index contributed by atoms with van der Waals surface area (Å²) in [5, 5.41) is 0. The SMILES string of the molecule is NC(=O)CCCCCCCC(=O)OC(=O)c1ccccc1. The Hall–Kier alpha value is -2.17. The maximum atomic E-state index is 11.6. The average molecular weight is 291 g/mol. The molecule has 1 aromatic rings. The molecule has 5 nitrogen and oxygen atoms in total. The van der Waals surface area contributed by atoms with Crippen molar-refractivity contribution in [1.82, 2.24) is 0 Å². The van der Waals surface area contributed by atoms with Crippen LogP contribution in [0, 0.1) is 0 Å². The van der Waals surface area contributed by atoms with Crippen LogP contribution in [0.4, 0.5) is 0 Å². The van der Waals surface area contributed by atoms with E-state index in [1.165, 1.54) is 0 Å². The largest absolute Gasteiger partial charge is 0.389 e. The van der Waals surface area contributed by atoms with E-state index in [1.54, 1.807) is 30.3 Å². The first-order chi connectivity index (χ1) is 10.1. The lowest BCUT2D eigenvalue weighted by Gasteiger charge is -2.03. The first kappa shape index (κ1) is 16.9. The number of unbranched alkanes of at least 4 members (excludes halogenated alkanes) is 4. The van der Waals surface area contributed by atoms with Crippen LogP contribution in [-0.2, 0) is 14.3 Å². The molecule has 114 valence electrons. The standard InChI is InChI=1S/C16H21NO4/c17-14(18)11-7-2-1-3-8-12-15(19)21-16(20)13-9-5-4-6-10-13/h4-6,9-10H,1-3,7-8,11-12H2,(H2,17,18). The molecule has 0 bridgehead atoms. The van der Waals surface area contributed by atoms with Crippen LogP contribution in [0.5, 0.6) is 0 Å². The van der Waals surface area contributed by atoms with Crippen LogP contribution < -0.4 is 5.73 Å². The lowest BCUT2D eigenvalue weighted by molar-refractivity contribution is -0.138. The van der Waals surface area contributed by atoms with E-state index in [0.29, 0.717) is 18.4 Å². The minimum Gasteiger partial charge on any atom is -0.389 e. The topological polar surface area (TPSA) is 86.5 Å².